The first-order valence-corrected chi connectivity index (χ1v) is 13.1. The van der Waals surface area contributed by atoms with E-state index in [1.54, 1.807) is 4.90 Å². The van der Waals surface area contributed by atoms with Gasteiger partial charge in [-0.1, -0.05) is 0 Å². The van der Waals surface area contributed by atoms with E-state index in [2.05, 4.69) is 20.2 Å². The molecule has 0 aliphatic carbocycles. The van der Waals surface area contributed by atoms with Crippen molar-refractivity contribution in [1.82, 2.24) is 10.2 Å². The Hall–Kier alpha value is -4.86. The minimum Gasteiger partial charge on any atom is -0.480 e. The van der Waals surface area contributed by atoms with Gasteiger partial charge in [-0.05, 0) is 49.6 Å². The lowest BCUT2D eigenvalue weighted by Gasteiger charge is -2.28. The van der Waals surface area contributed by atoms with Crippen LogP contribution in [0.15, 0.2) is 53.4 Å². The Balaban J connectivity index is 1.55. The lowest BCUT2D eigenvalue weighted by molar-refractivity contribution is -0.392. The van der Waals surface area contributed by atoms with E-state index in [-0.39, 0.29) is 33.5 Å². The van der Waals surface area contributed by atoms with Crippen LogP contribution in [0.1, 0.15) is 29.6 Å². The predicted molar refractivity (Wildman–Crippen MR) is 140 cm³/mol. The smallest absolute Gasteiger partial charge is 0.300 e. The van der Waals surface area contributed by atoms with Crippen LogP contribution in [0, 0.1) is 20.2 Å². The number of carbonyl (C=O) groups excluding carboxylic acids is 1. The fraction of sp³-hybridized carbons (Fsp3) is 0.261. The van der Waals surface area contributed by atoms with Crippen LogP contribution in [0.5, 0.6) is 5.88 Å². The number of sulfonamides is 1. The molecule has 204 valence electrons. The van der Waals surface area contributed by atoms with Crippen molar-refractivity contribution >= 4 is 44.5 Å². The Bertz CT molecular complexity index is 1470. The van der Waals surface area contributed by atoms with Crippen LogP contribution >= 0.6 is 0 Å². The lowest BCUT2D eigenvalue weighted by Crippen LogP contribution is -2.30. The summed E-state index contributed by atoms with van der Waals surface area (Å²) < 4.78 is 32.4. The predicted octanol–water partition coefficient (Wildman–Crippen LogP) is 3.35. The number of carbonyl (C=O) groups is 1. The van der Waals surface area contributed by atoms with Crippen molar-refractivity contribution in [3.8, 4) is 5.88 Å². The first-order valence-electron chi connectivity index (χ1n) is 11.6. The van der Waals surface area contributed by atoms with Gasteiger partial charge in [0.15, 0.2) is 11.5 Å². The van der Waals surface area contributed by atoms with Crippen LogP contribution in [0.2, 0.25) is 0 Å². The molecule has 1 saturated heterocycles. The number of piperidine rings is 1. The Kier molecular flexibility index (Phi) is 7.85. The molecule has 1 fully saturated rings. The molecule has 0 spiro atoms. The van der Waals surface area contributed by atoms with Crippen molar-refractivity contribution in [2.75, 3.05) is 35.1 Å². The standard InChI is InChI=1S/C23H23N7O8S/c1-38-21-10-9-20(25-26-21)27-39(36,37)17-7-5-16(6-8-17)24-23(31)15-13-18(29(32)33)22(19(14-15)30(34)35)28-11-3-2-4-12-28/h5-10,13-14H,2-4,11-12H2,1H3,(H,24,31)(H,25,27). The zero-order valence-electron chi connectivity index (χ0n) is 20.6. The van der Waals surface area contributed by atoms with E-state index in [0.29, 0.717) is 13.1 Å². The van der Waals surface area contributed by atoms with Crippen molar-refractivity contribution in [3.05, 3.63) is 74.3 Å². The first kappa shape index (κ1) is 27.2. The third kappa shape index (κ3) is 6.18. The van der Waals surface area contributed by atoms with E-state index in [1.165, 1.54) is 43.5 Å². The van der Waals surface area contributed by atoms with E-state index in [9.17, 15) is 33.4 Å². The molecule has 3 aromatic rings. The molecular formula is C23H23N7O8S. The van der Waals surface area contributed by atoms with Gasteiger partial charge in [0.1, 0.15) is 0 Å². The molecular weight excluding hydrogens is 534 g/mol. The molecule has 15 nitrogen and oxygen atoms in total. The molecule has 1 amide bonds. The lowest BCUT2D eigenvalue weighted by atomic mass is 10.1. The molecule has 1 aromatic heterocycles. The summed E-state index contributed by atoms with van der Waals surface area (Å²) in [6, 6.07) is 9.85. The number of aromatic nitrogens is 2. The maximum Gasteiger partial charge on any atom is 0.300 e. The SMILES string of the molecule is COc1ccc(NS(=O)(=O)c2ccc(NC(=O)c3cc([N+](=O)[O-])c(N4CCCCC4)c([N+](=O)[O-])c3)cc2)nn1. The fourth-order valence-corrected chi connectivity index (χ4v) is 5.05. The number of anilines is 3. The molecule has 0 bridgehead atoms. The van der Waals surface area contributed by atoms with Gasteiger partial charge < -0.3 is 15.0 Å². The summed E-state index contributed by atoms with van der Waals surface area (Å²) in [5.74, 6) is -0.673. The van der Waals surface area contributed by atoms with Crippen molar-refractivity contribution in [2.45, 2.75) is 24.2 Å². The number of nitrogens with one attached hydrogen (secondary N) is 2. The molecule has 2 N–H and O–H groups in total. The van der Waals surface area contributed by atoms with E-state index >= 15 is 0 Å². The van der Waals surface area contributed by atoms with Gasteiger partial charge in [0.25, 0.3) is 27.3 Å². The van der Waals surface area contributed by atoms with Gasteiger partial charge in [0.2, 0.25) is 5.88 Å². The highest BCUT2D eigenvalue weighted by atomic mass is 32.2. The number of nitro groups is 2. The molecule has 39 heavy (non-hydrogen) atoms. The minimum atomic E-state index is -4.04. The highest BCUT2D eigenvalue weighted by Gasteiger charge is 2.33. The minimum absolute atomic E-state index is 0.0376. The quantitative estimate of drug-likeness (QED) is 0.289. The largest absolute Gasteiger partial charge is 0.480 e. The van der Waals surface area contributed by atoms with Crippen LogP contribution < -0.4 is 19.7 Å². The molecule has 2 aromatic carbocycles. The van der Waals surface area contributed by atoms with Gasteiger partial charge in [-0.25, -0.2) is 8.42 Å². The number of benzene rings is 2. The van der Waals surface area contributed by atoms with E-state index in [4.69, 9.17) is 4.74 Å². The molecule has 0 unspecified atom stereocenters. The van der Waals surface area contributed by atoms with Crippen LogP contribution in [0.4, 0.5) is 28.6 Å². The second-order valence-corrected chi connectivity index (χ2v) is 10.2. The van der Waals surface area contributed by atoms with Gasteiger partial charge in [-0.15, -0.1) is 10.2 Å². The zero-order chi connectivity index (χ0) is 28.2. The highest BCUT2D eigenvalue weighted by Crippen LogP contribution is 2.40. The summed E-state index contributed by atoms with van der Waals surface area (Å²) >= 11 is 0. The summed E-state index contributed by atoms with van der Waals surface area (Å²) in [4.78, 5) is 36.5. The van der Waals surface area contributed by atoms with Crippen molar-refractivity contribution in [1.29, 1.82) is 0 Å². The molecule has 0 radical (unpaired) electrons. The normalized spacial score (nSPS) is 13.4. The van der Waals surface area contributed by atoms with Crippen molar-refractivity contribution in [2.24, 2.45) is 0 Å². The van der Waals surface area contributed by atoms with Crippen molar-refractivity contribution in [3.63, 3.8) is 0 Å². The molecule has 2 heterocycles. The number of hydrogen-bond acceptors (Lipinski definition) is 11. The zero-order valence-corrected chi connectivity index (χ0v) is 21.4. The maximum atomic E-state index is 12.9. The molecule has 0 saturated carbocycles. The fourth-order valence-electron chi connectivity index (χ4n) is 4.06. The molecule has 1 aliphatic heterocycles. The van der Waals surface area contributed by atoms with Gasteiger partial charge in [0.05, 0.1) is 27.4 Å². The Morgan fingerprint density at radius 1 is 0.949 bits per heavy atom. The Labute approximate surface area is 222 Å². The summed E-state index contributed by atoms with van der Waals surface area (Å²) in [5, 5.41) is 33.5. The molecule has 0 atom stereocenters. The summed E-state index contributed by atoms with van der Waals surface area (Å²) in [6.07, 6.45) is 2.40. The third-order valence-corrected chi connectivity index (χ3v) is 7.28. The van der Waals surface area contributed by atoms with Crippen molar-refractivity contribution < 1.29 is 27.8 Å². The summed E-state index contributed by atoms with van der Waals surface area (Å²) in [7, 11) is -2.65. The number of hydrogen-bond donors (Lipinski definition) is 2. The number of ether oxygens (including phenoxy) is 1. The summed E-state index contributed by atoms with van der Waals surface area (Å²) in [6.45, 7) is 0.866. The van der Waals surface area contributed by atoms with E-state index < -0.39 is 37.2 Å². The second kappa shape index (κ2) is 11.3. The second-order valence-electron chi connectivity index (χ2n) is 8.47. The van der Waals surface area contributed by atoms with E-state index in [1.807, 2.05) is 0 Å². The summed E-state index contributed by atoms with van der Waals surface area (Å²) in [5.41, 5.74) is -1.32. The molecule has 16 heteroatoms. The van der Waals surface area contributed by atoms with Crippen LogP contribution in [0.25, 0.3) is 0 Å². The van der Waals surface area contributed by atoms with Gasteiger partial charge in [-0.2, -0.15) is 0 Å². The molecule has 4 rings (SSSR count). The molecule has 1 aliphatic rings. The van der Waals surface area contributed by atoms with Crippen LogP contribution in [-0.2, 0) is 10.0 Å². The van der Waals surface area contributed by atoms with Gasteiger partial charge >= 0.3 is 0 Å². The van der Waals surface area contributed by atoms with E-state index in [0.717, 1.165) is 31.4 Å². The number of rotatable bonds is 9. The Morgan fingerprint density at radius 2 is 1.56 bits per heavy atom. The average molecular weight is 558 g/mol. The number of methoxy groups -OCH3 is 1. The van der Waals surface area contributed by atoms with Crippen LogP contribution in [-0.4, -0.2) is 54.6 Å². The van der Waals surface area contributed by atoms with Gasteiger partial charge in [0, 0.05) is 37.0 Å². The van der Waals surface area contributed by atoms with Gasteiger partial charge in [-0.3, -0.25) is 29.7 Å². The number of amides is 1. The Morgan fingerprint density at radius 3 is 2.08 bits per heavy atom. The number of nitro benzene ring substituents is 2. The maximum absolute atomic E-state index is 12.9. The van der Waals surface area contributed by atoms with Crippen LogP contribution in [0.3, 0.4) is 0 Å². The number of nitrogens with zero attached hydrogens (tertiary/aromatic N) is 5. The topological polar surface area (TPSA) is 200 Å². The highest BCUT2D eigenvalue weighted by molar-refractivity contribution is 7.92. The average Bonchev–Trinajstić information content (AvgIpc) is 2.93. The monoisotopic (exact) mass is 557 g/mol. The first-order chi connectivity index (χ1) is 18.6. The third-order valence-electron chi connectivity index (χ3n) is 5.91.